The minimum absolute atomic E-state index is 0.0451. The second kappa shape index (κ2) is 4.70. The molecule has 5 heteroatoms. The Morgan fingerprint density at radius 3 is 2.57 bits per heavy atom. The highest BCUT2D eigenvalue weighted by molar-refractivity contribution is 6.18. The topological polar surface area (TPSA) is 58.9 Å². The molecule has 0 unspecified atom stereocenters. The molecule has 0 aliphatic carbocycles. The van der Waals surface area contributed by atoms with Gasteiger partial charge in [0, 0.05) is 40.0 Å². The fraction of sp³-hybridized carbons (Fsp3) is 0.0625. The first-order valence-electron chi connectivity index (χ1n) is 6.34. The van der Waals surface area contributed by atoms with E-state index in [0.717, 1.165) is 28.6 Å². The van der Waals surface area contributed by atoms with E-state index in [1.54, 1.807) is 6.20 Å². The van der Waals surface area contributed by atoms with E-state index in [2.05, 4.69) is 4.98 Å². The van der Waals surface area contributed by atoms with E-state index < -0.39 is 17.4 Å². The molecule has 0 aliphatic heterocycles. The number of rotatable bonds is 2. The molecule has 0 saturated heterocycles. The minimum atomic E-state index is -1.09. The van der Waals surface area contributed by atoms with Gasteiger partial charge in [-0.1, -0.05) is 11.6 Å². The van der Waals surface area contributed by atoms with Gasteiger partial charge < -0.3 is 10.7 Å². The van der Waals surface area contributed by atoms with E-state index in [1.807, 2.05) is 25.1 Å². The van der Waals surface area contributed by atoms with Gasteiger partial charge in [-0.05, 0) is 25.1 Å². The maximum Gasteiger partial charge on any atom is 0.197 e. The summed E-state index contributed by atoms with van der Waals surface area (Å²) in [6.45, 7) is 1.91. The van der Waals surface area contributed by atoms with Gasteiger partial charge in [0.2, 0.25) is 0 Å². The summed E-state index contributed by atoms with van der Waals surface area (Å²) in [5, 5.41) is 0.726. The fourth-order valence-corrected chi connectivity index (χ4v) is 2.33. The number of aryl methyl sites for hydroxylation is 1. The van der Waals surface area contributed by atoms with E-state index >= 15 is 0 Å². The van der Waals surface area contributed by atoms with Crippen LogP contribution in [-0.4, -0.2) is 10.8 Å². The highest BCUT2D eigenvalue weighted by Gasteiger charge is 2.19. The summed E-state index contributed by atoms with van der Waals surface area (Å²) < 4.78 is 26.4. The molecule has 3 aromatic rings. The smallest absolute Gasteiger partial charge is 0.197 e. The molecule has 1 heterocycles. The van der Waals surface area contributed by atoms with Crippen LogP contribution >= 0.6 is 0 Å². The Morgan fingerprint density at radius 1 is 1.10 bits per heavy atom. The van der Waals surface area contributed by atoms with Gasteiger partial charge in [0.15, 0.2) is 17.4 Å². The van der Waals surface area contributed by atoms with E-state index in [9.17, 15) is 13.6 Å². The molecule has 106 valence electrons. The van der Waals surface area contributed by atoms with Gasteiger partial charge in [-0.15, -0.1) is 0 Å². The molecule has 1 aromatic heterocycles. The van der Waals surface area contributed by atoms with Crippen LogP contribution in [0.1, 0.15) is 21.5 Å². The van der Waals surface area contributed by atoms with E-state index in [4.69, 9.17) is 5.73 Å². The SMILES string of the molecule is Cc1ccc2[nH]cc(C(=O)c3cc(F)c(F)cc3N)c2c1. The van der Waals surface area contributed by atoms with Gasteiger partial charge in [0.25, 0.3) is 0 Å². The number of H-pyrrole nitrogens is 1. The third-order valence-corrected chi connectivity index (χ3v) is 3.42. The van der Waals surface area contributed by atoms with E-state index in [-0.39, 0.29) is 11.3 Å². The van der Waals surface area contributed by atoms with Gasteiger partial charge >= 0.3 is 0 Å². The number of hydrogen-bond acceptors (Lipinski definition) is 2. The Labute approximate surface area is 119 Å². The van der Waals surface area contributed by atoms with Crippen molar-refractivity contribution in [2.24, 2.45) is 0 Å². The molecule has 0 aliphatic rings. The number of nitrogens with two attached hydrogens (primary N) is 1. The quantitative estimate of drug-likeness (QED) is 0.559. The predicted molar refractivity (Wildman–Crippen MR) is 77.2 cm³/mol. The molecule has 0 saturated carbocycles. The maximum atomic E-state index is 13.3. The number of benzene rings is 2. The zero-order valence-electron chi connectivity index (χ0n) is 11.2. The highest BCUT2D eigenvalue weighted by Crippen LogP contribution is 2.25. The molecule has 0 radical (unpaired) electrons. The Balaban J connectivity index is 2.17. The van der Waals surface area contributed by atoms with Crippen molar-refractivity contribution in [2.45, 2.75) is 6.92 Å². The van der Waals surface area contributed by atoms with Crippen LogP contribution in [0.15, 0.2) is 36.5 Å². The van der Waals surface area contributed by atoms with Crippen LogP contribution in [-0.2, 0) is 0 Å². The van der Waals surface area contributed by atoms with Crippen molar-refractivity contribution in [3.8, 4) is 0 Å². The number of fused-ring (bicyclic) bond motifs is 1. The van der Waals surface area contributed by atoms with Crippen molar-refractivity contribution in [3.63, 3.8) is 0 Å². The molecular weight excluding hydrogens is 274 g/mol. The first-order chi connectivity index (χ1) is 9.97. The molecule has 0 fully saturated rings. The number of aromatic amines is 1. The number of aromatic nitrogens is 1. The van der Waals surface area contributed by atoms with E-state index in [0.29, 0.717) is 5.56 Å². The van der Waals surface area contributed by atoms with Gasteiger partial charge in [-0.25, -0.2) is 8.78 Å². The molecule has 2 aromatic carbocycles. The second-order valence-electron chi connectivity index (χ2n) is 4.93. The number of anilines is 1. The minimum Gasteiger partial charge on any atom is -0.398 e. The number of ketones is 1. The molecule has 0 bridgehead atoms. The van der Waals surface area contributed by atoms with Crippen molar-refractivity contribution in [2.75, 3.05) is 5.73 Å². The summed E-state index contributed by atoms with van der Waals surface area (Å²) in [5.74, 6) is -2.61. The summed E-state index contributed by atoms with van der Waals surface area (Å²) in [4.78, 5) is 15.5. The molecule has 0 spiro atoms. The average Bonchev–Trinajstić information content (AvgIpc) is 2.85. The number of nitrogen functional groups attached to an aromatic ring is 1. The lowest BCUT2D eigenvalue weighted by Crippen LogP contribution is -2.06. The third kappa shape index (κ3) is 2.16. The third-order valence-electron chi connectivity index (χ3n) is 3.42. The average molecular weight is 286 g/mol. The Hall–Kier alpha value is -2.69. The molecule has 3 rings (SSSR count). The highest BCUT2D eigenvalue weighted by atomic mass is 19.2. The van der Waals surface area contributed by atoms with Crippen molar-refractivity contribution in [3.05, 3.63) is 64.9 Å². The molecule has 3 nitrogen and oxygen atoms in total. The van der Waals surface area contributed by atoms with Crippen molar-refractivity contribution >= 4 is 22.4 Å². The molecular formula is C16H12F2N2O. The van der Waals surface area contributed by atoms with Crippen LogP contribution in [0.5, 0.6) is 0 Å². The van der Waals surface area contributed by atoms with Crippen molar-refractivity contribution in [1.82, 2.24) is 4.98 Å². The number of hydrogen-bond donors (Lipinski definition) is 2. The van der Waals surface area contributed by atoms with Gasteiger partial charge in [0.05, 0.1) is 0 Å². The van der Waals surface area contributed by atoms with E-state index in [1.165, 1.54) is 0 Å². The summed E-state index contributed by atoms with van der Waals surface area (Å²) >= 11 is 0. The first-order valence-corrected chi connectivity index (χ1v) is 6.34. The molecule has 0 atom stereocenters. The van der Waals surface area contributed by atoms with Crippen LogP contribution in [0.2, 0.25) is 0 Å². The Bertz CT molecular complexity index is 868. The summed E-state index contributed by atoms with van der Waals surface area (Å²) in [5.41, 5.74) is 7.68. The van der Waals surface area contributed by atoms with Gasteiger partial charge in [0.1, 0.15) is 0 Å². The van der Waals surface area contributed by atoms with Crippen LogP contribution in [0.25, 0.3) is 10.9 Å². The Morgan fingerprint density at radius 2 is 1.81 bits per heavy atom. The number of nitrogens with one attached hydrogen (secondary N) is 1. The number of halogens is 2. The summed E-state index contributed by atoms with van der Waals surface area (Å²) in [6.07, 6.45) is 1.55. The maximum absolute atomic E-state index is 13.3. The van der Waals surface area contributed by atoms with Crippen LogP contribution in [0, 0.1) is 18.6 Å². The number of carbonyl (C=O) groups is 1. The largest absolute Gasteiger partial charge is 0.398 e. The van der Waals surface area contributed by atoms with Gasteiger partial charge in [-0.2, -0.15) is 0 Å². The lowest BCUT2D eigenvalue weighted by Gasteiger charge is -2.05. The monoisotopic (exact) mass is 286 g/mol. The van der Waals surface area contributed by atoms with Crippen LogP contribution in [0.3, 0.4) is 0 Å². The molecule has 21 heavy (non-hydrogen) atoms. The van der Waals surface area contributed by atoms with Gasteiger partial charge in [-0.3, -0.25) is 4.79 Å². The zero-order valence-corrected chi connectivity index (χ0v) is 11.2. The molecule has 3 N–H and O–H groups in total. The van der Waals surface area contributed by atoms with Crippen LogP contribution < -0.4 is 5.73 Å². The Kier molecular flexibility index (Phi) is 2.97. The first kappa shape index (κ1) is 13.3. The summed E-state index contributed by atoms with van der Waals surface area (Å²) in [6, 6.07) is 7.29. The fourth-order valence-electron chi connectivity index (χ4n) is 2.33. The predicted octanol–water partition coefficient (Wildman–Crippen LogP) is 3.57. The summed E-state index contributed by atoms with van der Waals surface area (Å²) in [7, 11) is 0. The van der Waals surface area contributed by atoms with Crippen molar-refractivity contribution < 1.29 is 13.6 Å². The lowest BCUT2D eigenvalue weighted by atomic mass is 10.00. The zero-order chi connectivity index (χ0) is 15.1. The van der Waals surface area contributed by atoms with Crippen LogP contribution in [0.4, 0.5) is 14.5 Å². The second-order valence-corrected chi connectivity index (χ2v) is 4.93. The standard InChI is InChI=1S/C16H12F2N2O/c1-8-2-3-15-9(4-8)11(7-20-15)16(21)10-5-12(17)13(18)6-14(10)19/h2-7,20H,19H2,1H3. The lowest BCUT2D eigenvalue weighted by molar-refractivity contribution is 0.104. The number of carbonyl (C=O) groups excluding carboxylic acids is 1. The van der Waals surface area contributed by atoms with Crippen molar-refractivity contribution in [1.29, 1.82) is 0 Å². The normalized spacial score (nSPS) is 11.0. The molecule has 0 amide bonds.